The molecule has 1 saturated heterocycles. The van der Waals surface area contributed by atoms with E-state index in [-0.39, 0.29) is 34.6 Å². The highest BCUT2D eigenvalue weighted by molar-refractivity contribution is 7.89. The van der Waals surface area contributed by atoms with E-state index in [1.807, 2.05) is 26.8 Å². The van der Waals surface area contributed by atoms with Crippen molar-refractivity contribution in [3.05, 3.63) is 50.3 Å². The minimum Gasteiger partial charge on any atom is -0.314 e. The molecule has 1 amide bonds. The number of hydrogen-bond acceptors (Lipinski definition) is 6. The van der Waals surface area contributed by atoms with Gasteiger partial charge in [0.25, 0.3) is 5.56 Å². The molecular formula is C24H29ClN4O4S2. The van der Waals surface area contributed by atoms with Crippen molar-refractivity contribution >= 4 is 54.8 Å². The van der Waals surface area contributed by atoms with Gasteiger partial charge in [0.2, 0.25) is 15.9 Å². The zero-order chi connectivity index (χ0) is 25.7. The summed E-state index contributed by atoms with van der Waals surface area (Å²) < 4.78 is 30.0. The Kier molecular flexibility index (Phi) is 7.11. The van der Waals surface area contributed by atoms with Crippen LogP contribution in [0.5, 0.6) is 0 Å². The molecule has 3 aromatic rings. The van der Waals surface area contributed by atoms with Crippen LogP contribution in [0.25, 0.3) is 10.2 Å². The van der Waals surface area contributed by atoms with Crippen LogP contribution < -0.4 is 10.5 Å². The SMILES string of the molecule is Cc1ccc(Cl)cc1N(C)C(=O)Cn1cnc2sc(C)c(S(=O)(=O)N3CC(C)CC(C)C3)c2c1=O. The van der Waals surface area contributed by atoms with Crippen LogP contribution in [0, 0.1) is 25.7 Å². The smallest absolute Gasteiger partial charge is 0.263 e. The van der Waals surface area contributed by atoms with Gasteiger partial charge in [-0.3, -0.25) is 14.2 Å². The summed E-state index contributed by atoms with van der Waals surface area (Å²) in [5.41, 5.74) is 0.950. The predicted molar refractivity (Wildman–Crippen MR) is 140 cm³/mol. The molecule has 0 spiro atoms. The molecule has 4 rings (SSSR count). The average Bonchev–Trinajstić information content (AvgIpc) is 3.13. The van der Waals surface area contributed by atoms with E-state index in [9.17, 15) is 18.0 Å². The van der Waals surface area contributed by atoms with Crippen molar-refractivity contribution in [2.24, 2.45) is 11.8 Å². The van der Waals surface area contributed by atoms with Gasteiger partial charge in [-0.05, 0) is 49.8 Å². The largest absolute Gasteiger partial charge is 0.314 e. The maximum atomic E-state index is 13.7. The van der Waals surface area contributed by atoms with Gasteiger partial charge in [-0.1, -0.05) is 31.5 Å². The topological polar surface area (TPSA) is 92.6 Å². The van der Waals surface area contributed by atoms with Gasteiger partial charge in [0.1, 0.15) is 16.3 Å². The number of carbonyl (C=O) groups is 1. The third-order valence-electron chi connectivity index (χ3n) is 6.45. The first-order valence-corrected chi connectivity index (χ1v) is 14.0. The third kappa shape index (κ3) is 4.89. The van der Waals surface area contributed by atoms with Crippen molar-refractivity contribution in [1.29, 1.82) is 0 Å². The highest BCUT2D eigenvalue weighted by atomic mass is 35.5. The molecule has 0 aliphatic carbocycles. The lowest BCUT2D eigenvalue weighted by Crippen LogP contribution is -2.43. The minimum absolute atomic E-state index is 0.0112. The molecule has 0 N–H and O–H groups in total. The van der Waals surface area contributed by atoms with Crippen LogP contribution in [0.3, 0.4) is 0 Å². The van der Waals surface area contributed by atoms with Crippen molar-refractivity contribution in [2.45, 2.75) is 45.6 Å². The normalized spacial score (nSPS) is 19.3. The number of sulfonamides is 1. The van der Waals surface area contributed by atoms with E-state index in [1.165, 1.54) is 31.4 Å². The van der Waals surface area contributed by atoms with E-state index in [0.29, 0.717) is 33.5 Å². The van der Waals surface area contributed by atoms with E-state index >= 15 is 0 Å². The Morgan fingerprint density at radius 3 is 2.54 bits per heavy atom. The maximum absolute atomic E-state index is 13.7. The highest BCUT2D eigenvalue weighted by Crippen LogP contribution is 2.35. The van der Waals surface area contributed by atoms with Crippen LogP contribution in [0.2, 0.25) is 5.02 Å². The van der Waals surface area contributed by atoms with E-state index < -0.39 is 15.6 Å². The summed E-state index contributed by atoms with van der Waals surface area (Å²) in [6.45, 7) is 8.18. The van der Waals surface area contributed by atoms with Crippen molar-refractivity contribution in [1.82, 2.24) is 13.9 Å². The quantitative estimate of drug-likeness (QED) is 0.490. The zero-order valence-electron chi connectivity index (χ0n) is 20.4. The number of carbonyl (C=O) groups excluding carboxylic acids is 1. The van der Waals surface area contributed by atoms with Crippen LogP contribution in [-0.2, 0) is 21.4 Å². The summed E-state index contributed by atoms with van der Waals surface area (Å²) >= 11 is 7.28. The van der Waals surface area contributed by atoms with E-state index in [1.54, 1.807) is 26.1 Å². The minimum atomic E-state index is -3.90. The van der Waals surface area contributed by atoms with E-state index in [4.69, 9.17) is 11.6 Å². The molecule has 1 aliphatic rings. The lowest BCUT2D eigenvalue weighted by atomic mass is 9.94. The molecule has 35 heavy (non-hydrogen) atoms. The number of nitrogens with zero attached hydrogens (tertiary/aromatic N) is 4. The van der Waals surface area contributed by atoms with Crippen LogP contribution in [0.1, 0.15) is 30.7 Å². The first-order chi connectivity index (χ1) is 16.4. The highest BCUT2D eigenvalue weighted by Gasteiger charge is 2.36. The Balaban J connectivity index is 1.73. The first-order valence-electron chi connectivity index (χ1n) is 11.4. The number of halogens is 1. The fourth-order valence-electron chi connectivity index (χ4n) is 4.80. The van der Waals surface area contributed by atoms with Gasteiger partial charge in [-0.15, -0.1) is 11.3 Å². The molecule has 0 bridgehead atoms. The Labute approximate surface area is 214 Å². The summed E-state index contributed by atoms with van der Waals surface area (Å²) in [6, 6.07) is 5.24. The Morgan fingerprint density at radius 2 is 1.89 bits per heavy atom. The average molecular weight is 537 g/mol. The number of benzene rings is 1. The molecule has 2 unspecified atom stereocenters. The molecule has 0 radical (unpaired) electrons. The molecule has 1 fully saturated rings. The maximum Gasteiger partial charge on any atom is 0.263 e. The fraction of sp³-hybridized carbons (Fsp3) is 0.458. The second kappa shape index (κ2) is 9.65. The lowest BCUT2D eigenvalue weighted by Gasteiger charge is -2.34. The van der Waals surface area contributed by atoms with Gasteiger partial charge in [-0.2, -0.15) is 4.31 Å². The molecular weight excluding hydrogens is 508 g/mol. The van der Waals surface area contributed by atoms with Crippen LogP contribution in [0.15, 0.2) is 34.2 Å². The molecule has 11 heteroatoms. The number of anilines is 1. The summed E-state index contributed by atoms with van der Waals surface area (Å²) in [5.74, 6) is 0.113. The van der Waals surface area contributed by atoms with E-state index in [0.717, 1.165) is 12.0 Å². The van der Waals surface area contributed by atoms with Gasteiger partial charge in [0.15, 0.2) is 0 Å². The lowest BCUT2D eigenvalue weighted by molar-refractivity contribution is -0.118. The molecule has 3 heterocycles. The molecule has 2 aromatic heterocycles. The van der Waals surface area contributed by atoms with Crippen LogP contribution >= 0.6 is 22.9 Å². The van der Waals surface area contributed by atoms with Gasteiger partial charge >= 0.3 is 0 Å². The fourth-order valence-corrected chi connectivity index (χ4v) is 8.31. The number of amides is 1. The summed E-state index contributed by atoms with van der Waals surface area (Å²) in [6.07, 6.45) is 2.27. The van der Waals surface area contributed by atoms with Crippen molar-refractivity contribution in [2.75, 3.05) is 25.0 Å². The Bertz CT molecular complexity index is 1450. The molecule has 1 aromatic carbocycles. The van der Waals surface area contributed by atoms with E-state index in [2.05, 4.69) is 4.98 Å². The molecule has 8 nitrogen and oxygen atoms in total. The van der Waals surface area contributed by atoms with Crippen LogP contribution in [-0.4, -0.2) is 48.3 Å². The number of likely N-dealkylation sites (N-methyl/N-ethyl adjacent to an activating group) is 1. The van der Waals surface area contributed by atoms with Gasteiger partial charge in [0.05, 0.1) is 11.7 Å². The number of thiophene rings is 1. The summed E-state index contributed by atoms with van der Waals surface area (Å²) in [5, 5.41) is 0.547. The summed E-state index contributed by atoms with van der Waals surface area (Å²) in [7, 11) is -2.29. The first kappa shape index (κ1) is 25.8. The van der Waals surface area contributed by atoms with Gasteiger partial charge in [0, 0.05) is 35.7 Å². The molecule has 2 atom stereocenters. The van der Waals surface area contributed by atoms with Crippen molar-refractivity contribution in [3.63, 3.8) is 0 Å². The number of fused-ring (bicyclic) bond motifs is 1. The zero-order valence-corrected chi connectivity index (χ0v) is 22.8. The van der Waals surface area contributed by atoms with Crippen molar-refractivity contribution in [3.8, 4) is 0 Å². The Hall–Kier alpha value is -2.27. The molecule has 188 valence electrons. The molecule has 1 aliphatic heterocycles. The standard InChI is InChI=1S/C24H29ClN4O4S2/c1-14-8-15(2)11-29(10-14)35(32,33)22-17(4)34-23-21(22)24(31)28(13-26-23)12-20(30)27(5)19-9-18(25)7-6-16(19)3/h6-7,9,13-15H,8,10-12H2,1-5H3. The monoisotopic (exact) mass is 536 g/mol. The van der Waals surface area contributed by atoms with Crippen molar-refractivity contribution < 1.29 is 13.2 Å². The van der Waals surface area contributed by atoms with Gasteiger partial charge in [-0.25, -0.2) is 13.4 Å². The molecule has 0 saturated carbocycles. The second-order valence-corrected chi connectivity index (χ2v) is 13.0. The second-order valence-electron chi connectivity index (χ2n) is 9.50. The predicted octanol–water partition coefficient (Wildman–Crippen LogP) is 4.06. The van der Waals surface area contributed by atoms with Crippen LogP contribution in [0.4, 0.5) is 5.69 Å². The summed E-state index contributed by atoms with van der Waals surface area (Å²) in [4.78, 5) is 33.2. The number of aryl methyl sites for hydroxylation is 2. The number of rotatable bonds is 5. The van der Waals surface area contributed by atoms with Gasteiger partial charge < -0.3 is 4.90 Å². The third-order valence-corrected chi connectivity index (χ3v) is 9.83. The number of aromatic nitrogens is 2. The Morgan fingerprint density at radius 1 is 1.23 bits per heavy atom. The number of hydrogen-bond donors (Lipinski definition) is 0. The number of piperidine rings is 1.